The van der Waals surface area contributed by atoms with Crippen LogP contribution < -0.4 is 0 Å². The second-order valence-electron chi connectivity index (χ2n) is 5.44. The van der Waals surface area contributed by atoms with Gasteiger partial charge in [0.05, 0.1) is 11.6 Å². The molecule has 1 aromatic heterocycles. The number of hydrogen-bond acceptors (Lipinski definition) is 4. The average Bonchev–Trinajstić information content (AvgIpc) is 2.68. The quantitative estimate of drug-likeness (QED) is 0.874. The molecule has 2 aromatic rings. The molecule has 3 rings (SSSR count). The first kappa shape index (κ1) is 14.1. The Hall–Kier alpha value is -1.82. The van der Waals surface area contributed by atoms with Gasteiger partial charge in [0.25, 0.3) is 5.91 Å². The van der Waals surface area contributed by atoms with Gasteiger partial charge in [-0.25, -0.2) is 0 Å². The number of hydrogen-bond donors (Lipinski definition) is 1. The lowest BCUT2D eigenvalue weighted by molar-refractivity contribution is -0.121. The van der Waals surface area contributed by atoms with Crippen LogP contribution in [0.15, 0.2) is 34.5 Å². The van der Waals surface area contributed by atoms with E-state index in [1.54, 1.807) is 13.8 Å². The average molecular weight is 303 g/mol. The maximum Gasteiger partial charge on any atom is 0.267 e. The Morgan fingerprint density at radius 1 is 1.38 bits per heavy atom. The number of para-hydroxylation sites is 1. The predicted octanol–water partition coefficient (Wildman–Crippen LogP) is 3.90. The molecule has 1 aromatic carbocycles. The van der Waals surface area contributed by atoms with Crippen molar-refractivity contribution in [2.75, 3.05) is 11.5 Å². The van der Waals surface area contributed by atoms with Crippen molar-refractivity contribution < 1.29 is 9.90 Å². The van der Waals surface area contributed by atoms with Crippen LogP contribution in [-0.2, 0) is 4.79 Å². The van der Waals surface area contributed by atoms with Gasteiger partial charge in [0.15, 0.2) is 5.69 Å². The molecule has 110 valence electrons. The van der Waals surface area contributed by atoms with E-state index in [2.05, 4.69) is 10.2 Å². The molecule has 1 aliphatic rings. The number of rotatable bonds is 3. The second kappa shape index (κ2) is 5.52. The highest BCUT2D eigenvalue weighted by Crippen LogP contribution is 2.44. The molecule has 1 N–H and O–H groups in total. The van der Waals surface area contributed by atoms with Crippen LogP contribution >= 0.6 is 11.8 Å². The summed E-state index contributed by atoms with van der Waals surface area (Å²) in [6.45, 7) is 3.55. The summed E-state index contributed by atoms with van der Waals surface area (Å²) >= 11 is 1.85. The first-order chi connectivity index (χ1) is 10.1. The number of amides is 1. The van der Waals surface area contributed by atoms with E-state index in [4.69, 9.17) is 0 Å². The predicted molar refractivity (Wildman–Crippen MR) is 84.3 cm³/mol. The summed E-state index contributed by atoms with van der Waals surface area (Å²) in [4.78, 5) is 11.6. The van der Waals surface area contributed by atoms with E-state index >= 15 is 0 Å². The summed E-state index contributed by atoms with van der Waals surface area (Å²) in [5.41, 5.74) is 1.32. The van der Waals surface area contributed by atoms with Gasteiger partial charge in [-0.3, -0.25) is 4.79 Å². The molecule has 1 amide bonds. The molecule has 0 atom stereocenters. The molecule has 0 unspecified atom stereocenters. The van der Waals surface area contributed by atoms with Crippen LogP contribution in [0, 0.1) is 5.92 Å². The number of azo groups is 1. The van der Waals surface area contributed by atoms with Crippen molar-refractivity contribution in [3.63, 3.8) is 0 Å². The van der Waals surface area contributed by atoms with Crippen LogP contribution in [0.25, 0.3) is 10.9 Å². The van der Waals surface area contributed by atoms with Crippen molar-refractivity contribution in [2.45, 2.75) is 19.9 Å². The van der Waals surface area contributed by atoms with Gasteiger partial charge in [0.2, 0.25) is 5.88 Å². The van der Waals surface area contributed by atoms with Crippen molar-refractivity contribution in [3.8, 4) is 5.88 Å². The molecule has 0 bridgehead atoms. The van der Waals surface area contributed by atoms with E-state index in [1.807, 2.05) is 40.6 Å². The number of carbonyl (C=O) groups is 1. The van der Waals surface area contributed by atoms with E-state index in [0.717, 1.165) is 22.4 Å². The minimum atomic E-state index is -0.287. The van der Waals surface area contributed by atoms with Gasteiger partial charge in [-0.1, -0.05) is 32.0 Å². The lowest BCUT2D eigenvalue weighted by atomic mass is 10.2. The summed E-state index contributed by atoms with van der Waals surface area (Å²) in [5, 5.41) is 19.1. The van der Waals surface area contributed by atoms with Crippen molar-refractivity contribution in [3.05, 3.63) is 24.3 Å². The number of benzene rings is 1. The second-order valence-corrected chi connectivity index (χ2v) is 6.52. The van der Waals surface area contributed by atoms with Crippen molar-refractivity contribution in [2.24, 2.45) is 16.1 Å². The highest BCUT2D eigenvalue weighted by atomic mass is 32.2. The first-order valence-corrected chi connectivity index (χ1v) is 8.10. The lowest BCUT2D eigenvalue weighted by Crippen LogP contribution is -2.22. The molecule has 1 aliphatic heterocycles. The fraction of sp³-hybridized carbons (Fsp3) is 0.400. The van der Waals surface area contributed by atoms with Crippen LogP contribution in [0.4, 0.5) is 5.69 Å². The number of aromatic hydroxyl groups is 1. The largest absolute Gasteiger partial charge is 0.493 e. The number of aromatic nitrogens is 1. The maximum atomic E-state index is 11.6. The lowest BCUT2D eigenvalue weighted by Gasteiger charge is -2.27. The highest BCUT2D eigenvalue weighted by molar-refractivity contribution is 8.00. The molecule has 2 heterocycles. The highest BCUT2D eigenvalue weighted by Gasteiger charge is 2.27. The van der Waals surface area contributed by atoms with E-state index < -0.39 is 0 Å². The van der Waals surface area contributed by atoms with Gasteiger partial charge >= 0.3 is 0 Å². The third-order valence-corrected chi connectivity index (χ3v) is 4.83. The van der Waals surface area contributed by atoms with E-state index in [1.165, 1.54) is 0 Å². The fourth-order valence-electron chi connectivity index (χ4n) is 2.29. The monoisotopic (exact) mass is 303 g/mol. The minimum Gasteiger partial charge on any atom is -0.493 e. The SMILES string of the molecule is CC(C)C(=O)N=Nc1c(O)n(C2CSC2)c2ccccc12. The van der Waals surface area contributed by atoms with Crippen LogP contribution in [0.5, 0.6) is 5.88 Å². The van der Waals surface area contributed by atoms with Crippen molar-refractivity contribution in [1.82, 2.24) is 4.57 Å². The molecule has 21 heavy (non-hydrogen) atoms. The number of fused-ring (bicyclic) bond motifs is 1. The Balaban J connectivity index is 2.09. The van der Waals surface area contributed by atoms with Crippen molar-refractivity contribution in [1.29, 1.82) is 0 Å². The maximum absolute atomic E-state index is 11.6. The summed E-state index contributed by atoms with van der Waals surface area (Å²) in [7, 11) is 0. The standard InChI is InChI=1S/C15H17N3O2S/c1-9(2)14(19)17-16-13-11-5-3-4-6-12(11)18(15(13)20)10-7-21-8-10/h3-6,9-10,20H,7-8H2,1-2H3. The topological polar surface area (TPSA) is 66.9 Å². The molecule has 0 saturated carbocycles. The third-order valence-electron chi connectivity index (χ3n) is 3.59. The van der Waals surface area contributed by atoms with Crippen LogP contribution in [0.2, 0.25) is 0 Å². The Labute approximate surface area is 127 Å². The Bertz CT molecular complexity index is 717. The van der Waals surface area contributed by atoms with E-state index in [-0.39, 0.29) is 23.7 Å². The molecular weight excluding hydrogens is 286 g/mol. The molecule has 0 radical (unpaired) electrons. The molecule has 1 fully saturated rings. The molecule has 5 nitrogen and oxygen atoms in total. The Morgan fingerprint density at radius 3 is 2.71 bits per heavy atom. The molecule has 1 saturated heterocycles. The van der Waals surface area contributed by atoms with Crippen LogP contribution in [-0.4, -0.2) is 27.1 Å². The summed E-state index contributed by atoms with van der Waals surface area (Å²) in [6, 6.07) is 7.96. The van der Waals surface area contributed by atoms with Gasteiger partial charge in [-0.05, 0) is 6.07 Å². The first-order valence-electron chi connectivity index (χ1n) is 6.94. The smallest absolute Gasteiger partial charge is 0.267 e. The summed E-state index contributed by atoms with van der Waals surface area (Å²) in [6.07, 6.45) is 0. The van der Waals surface area contributed by atoms with Gasteiger partial charge in [0.1, 0.15) is 0 Å². The molecule has 0 spiro atoms. The molecule has 6 heteroatoms. The molecular formula is C15H17N3O2S. The summed E-state index contributed by atoms with van der Waals surface area (Å²) in [5.74, 6) is 1.57. The Kier molecular flexibility index (Phi) is 3.71. The van der Waals surface area contributed by atoms with Gasteiger partial charge < -0.3 is 9.67 Å². The number of thioether (sulfide) groups is 1. The normalized spacial score (nSPS) is 16.0. The van der Waals surface area contributed by atoms with Crippen molar-refractivity contribution >= 4 is 34.3 Å². The van der Waals surface area contributed by atoms with Gasteiger partial charge in [0, 0.05) is 22.8 Å². The van der Waals surface area contributed by atoms with Gasteiger partial charge in [-0.15, -0.1) is 10.2 Å². The van der Waals surface area contributed by atoms with E-state index in [9.17, 15) is 9.90 Å². The molecule has 0 aliphatic carbocycles. The minimum absolute atomic E-state index is 0.0989. The zero-order valence-electron chi connectivity index (χ0n) is 12.0. The number of carbonyl (C=O) groups excluding carboxylic acids is 1. The summed E-state index contributed by atoms with van der Waals surface area (Å²) < 4.78 is 1.90. The van der Waals surface area contributed by atoms with Gasteiger partial charge in [-0.2, -0.15) is 11.8 Å². The Morgan fingerprint density at radius 2 is 2.10 bits per heavy atom. The fourth-order valence-corrected chi connectivity index (χ4v) is 3.03. The van der Waals surface area contributed by atoms with Crippen LogP contribution in [0.3, 0.4) is 0 Å². The van der Waals surface area contributed by atoms with Crippen LogP contribution in [0.1, 0.15) is 19.9 Å². The zero-order chi connectivity index (χ0) is 15.0. The zero-order valence-corrected chi connectivity index (χ0v) is 12.8. The third kappa shape index (κ3) is 2.44. The van der Waals surface area contributed by atoms with E-state index in [0.29, 0.717) is 5.69 Å². The number of nitrogens with zero attached hydrogens (tertiary/aromatic N) is 3.